The van der Waals surface area contributed by atoms with Crippen LogP contribution in [0.25, 0.3) is 0 Å². The second-order valence-corrected chi connectivity index (χ2v) is 6.70. The molecule has 110 valence electrons. The Labute approximate surface area is 144 Å². The number of aromatic hydroxyl groups is 1. The maximum absolute atomic E-state index is 12.1. The van der Waals surface area contributed by atoms with Crippen molar-refractivity contribution < 1.29 is 19.8 Å². The summed E-state index contributed by atoms with van der Waals surface area (Å²) in [5.74, 6) is -1.75. The average molecular weight is 503 g/mol. The van der Waals surface area contributed by atoms with Crippen LogP contribution >= 0.6 is 45.2 Å². The van der Waals surface area contributed by atoms with E-state index in [2.05, 4.69) is 5.32 Å². The second-order valence-electron chi connectivity index (χ2n) is 4.29. The number of aliphatic carboxylic acids is 1. The first-order chi connectivity index (χ1) is 9.36. The fourth-order valence-electron chi connectivity index (χ4n) is 1.64. The summed E-state index contributed by atoms with van der Waals surface area (Å²) in [6.07, 6.45) is 1.94. The number of nitrogens with one attached hydrogen (secondary N) is 1. The third kappa shape index (κ3) is 4.76. The molecule has 1 rings (SSSR count). The largest absolute Gasteiger partial charge is 0.506 e. The maximum atomic E-state index is 12.1. The lowest BCUT2D eigenvalue weighted by molar-refractivity contribution is -0.139. The van der Waals surface area contributed by atoms with Gasteiger partial charge < -0.3 is 15.5 Å². The third-order valence-corrected chi connectivity index (χ3v) is 4.17. The number of hydrogen-bond donors (Lipinski definition) is 3. The van der Waals surface area contributed by atoms with Crippen LogP contribution in [0.15, 0.2) is 12.1 Å². The standard InChI is InChI=1S/C13H15I2NO4/c1-2-3-4-10(13(19)20)16-12(18)8-5-7(14)6-9(15)11(8)17/h5-6,10,17H,2-4H2,1H3,(H,16,18)(H,19,20). The zero-order chi connectivity index (χ0) is 15.3. The summed E-state index contributed by atoms with van der Waals surface area (Å²) in [5.41, 5.74) is 0.101. The fraction of sp³-hybridized carbons (Fsp3) is 0.385. The molecular weight excluding hydrogens is 488 g/mol. The Kier molecular flexibility index (Phi) is 7.00. The molecule has 0 radical (unpaired) electrons. The predicted octanol–water partition coefficient (Wildman–Crippen LogP) is 2.97. The number of carboxylic acid groups (broad SMARTS) is 1. The van der Waals surface area contributed by atoms with Crippen molar-refractivity contribution in [3.63, 3.8) is 0 Å². The quantitative estimate of drug-likeness (QED) is 0.522. The van der Waals surface area contributed by atoms with E-state index >= 15 is 0 Å². The van der Waals surface area contributed by atoms with Gasteiger partial charge in [0.05, 0.1) is 9.13 Å². The Balaban J connectivity index is 2.92. The molecule has 0 saturated carbocycles. The zero-order valence-electron chi connectivity index (χ0n) is 10.8. The Hall–Kier alpha value is -0.580. The van der Waals surface area contributed by atoms with Gasteiger partial charge in [0, 0.05) is 3.57 Å². The number of carboxylic acids is 1. The summed E-state index contributed by atoms with van der Waals surface area (Å²) in [7, 11) is 0. The summed E-state index contributed by atoms with van der Waals surface area (Å²) in [6, 6.07) is 2.34. The number of halogens is 2. The van der Waals surface area contributed by atoms with Crippen molar-refractivity contribution in [3.05, 3.63) is 24.8 Å². The number of unbranched alkanes of at least 4 members (excludes halogenated alkanes) is 1. The number of hydrogen-bond acceptors (Lipinski definition) is 3. The lowest BCUT2D eigenvalue weighted by Gasteiger charge is -2.15. The number of benzene rings is 1. The van der Waals surface area contributed by atoms with Crippen molar-refractivity contribution >= 4 is 57.1 Å². The highest BCUT2D eigenvalue weighted by Gasteiger charge is 2.22. The maximum Gasteiger partial charge on any atom is 0.326 e. The van der Waals surface area contributed by atoms with Gasteiger partial charge in [-0.05, 0) is 63.7 Å². The molecule has 5 nitrogen and oxygen atoms in total. The van der Waals surface area contributed by atoms with Gasteiger partial charge >= 0.3 is 5.97 Å². The molecule has 0 aliphatic carbocycles. The first-order valence-electron chi connectivity index (χ1n) is 6.08. The first kappa shape index (κ1) is 17.5. The lowest BCUT2D eigenvalue weighted by Crippen LogP contribution is -2.40. The molecular formula is C13H15I2NO4. The molecule has 0 heterocycles. The van der Waals surface area contributed by atoms with Gasteiger partial charge in [-0.1, -0.05) is 19.8 Å². The van der Waals surface area contributed by atoms with Crippen LogP contribution in [0, 0.1) is 7.14 Å². The van der Waals surface area contributed by atoms with Crippen LogP contribution in [0.1, 0.15) is 36.5 Å². The first-order valence-corrected chi connectivity index (χ1v) is 8.24. The third-order valence-electron chi connectivity index (χ3n) is 2.72. The van der Waals surface area contributed by atoms with Gasteiger partial charge in [0.2, 0.25) is 0 Å². The fourth-order valence-corrected chi connectivity index (χ4v) is 3.49. The lowest BCUT2D eigenvalue weighted by atomic mass is 10.1. The molecule has 7 heteroatoms. The van der Waals surface area contributed by atoms with Gasteiger partial charge in [0.25, 0.3) is 5.91 Å². The van der Waals surface area contributed by atoms with Crippen molar-refractivity contribution in [2.24, 2.45) is 0 Å². The highest BCUT2D eigenvalue weighted by molar-refractivity contribution is 14.1. The van der Waals surface area contributed by atoms with Crippen molar-refractivity contribution in [2.45, 2.75) is 32.2 Å². The van der Waals surface area contributed by atoms with E-state index in [-0.39, 0.29) is 11.3 Å². The van der Waals surface area contributed by atoms with E-state index in [0.29, 0.717) is 16.4 Å². The van der Waals surface area contributed by atoms with Gasteiger partial charge in [-0.3, -0.25) is 4.79 Å². The van der Waals surface area contributed by atoms with Crippen LogP contribution in [-0.2, 0) is 4.79 Å². The molecule has 0 bridgehead atoms. The highest BCUT2D eigenvalue weighted by Crippen LogP contribution is 2.27. The summed E-state index contributed by atoms with van der Waals surface area (Å²) < 4.78 is 1.36. The van der Waals surface area contributed by atoms with Crippen LogP contribution in [0.4, 0.5) is 0 Å². The van der Waals surface area contributed by atoms with Gasteiger partial charge in [0.15, 0.2) is 0 Å². The van der Waals surface area contributed by atoms with E-state index in [1.165, 1.54) is 6.07 Å². The summed E-state index contributed by atoms with van der Waals surface area (Å²) >= 11 is 3.97. The minimum Gasteiger partial charge on any atom is -0.506 e. The van der Waals surface area contributed by atoms with Crippen molar-refractivity contribution in [1.29, 1.82) is 0 Å². The Morgan fingerprint density at radius 1 is 1.35 bits per heavy atom. The molecule has 0 saturated heterocycles. The summed E-state index contributed by atoms with van der Waals surface area (Å²) in [6.45, 7) is 1.95. The van der Waals surface area contributed by atoms with Gasteiger partial charge in [0.1, 0.15) is 11.8 Å². The number of phenolic OH excluding ortho intramolecular Hbond substituents is 1. The molecule has 1 aromatic carbocycles. The number of phenols is 1. The molecule has 0 aliphatic heterocycles. The van der Waals surface area contributed by atoms with Crippen LogP contribution < -0.4 is 5.32 Å². The Morgan fingerprint density at radius 2 is 2.00 bits per heavy atom. The molecule has 0 aromatic heterocycles. The Morgan fingerprint density at radius 3 is 2.55 bits per heavy atom. The second kappa shape index (κ2) is 8.01. The topological polar surface area (TPSA) is 86.6 Å². The van der Waals surface area contributed by atoms with Crippen LogP contribution in [0.5, 0.6) is 5.75 Å². The van der Waals surface area contributed by atoms with Gasteiger partial charge in [-0.25, -0.2) is 4.79 Å². The zero-order valence-corrected chi connectivity index (χ0v) is 15.1. The van der Waals surface area contributed by atoms with Crippen molar-refractivity contribution in [2.75, 3.05) is 0 Å². The minimum absolute atomic E-state index is 0.101. The molecule has 1 unspecified atom stereocenters. The molecule has 20 heavy (non-hydrogen) atoms. The monoisotopic (exact) mass is 503 g/mol. The van der Waals surface area contributed by atoms with Crippen molar-refractivity contribution in [1.82, 2.24) is 5.32 Å². The molecule has 1 atom stereocenters. The van der Waals surface area contributed by atoms with Crippen LogP contribution in [0.2, 0.25) is 0 Å². The van der Waals surface area contributed by atoms with E-state index in [1.807, 2.05) is 52.1 Å². The molecule has 0 aliphatic rings. The Bertz CT molecular complexity index is 519. The summed E-state index contributed by atoms with van der Waals surface area (Å²) in [5, 5.41) is 21.5. The molecule has 0 fully saturated rings. The van der Waals surface area contributed by atoms with E-state index in [4.69, 9.17) is 5.11 Å². The molecule has 1 aromatic rings. The molecule has 3 N–H and O–H groups in total. The number of carbonyl (C=O) groups is 2. The van der Waals surface area contributed by atoms with E-state index in [1.54, 1.807) is 6.07 Å². The molecule has 0 spiro atoms. The van der Waals surface area contributed by atoms with Gasteiger partial charge in [-0.15, -0.1) is 0 Å². The number of rotatable bonds is 6. The van der Waals surface area contributed by atoms with Gasteiger partial charge in [-0.2, -0.15) is 0 Å². The van der Waals surface area contributed by atoms with Crippen molar-refractivity contribution in [3.8, 4) is 5.75 Å². The SMILES string of the molecule is CCCCC(NC(=O)c1cc(I)cc(I)c1O)C(=O)O. The van der Waals surface area contributed by atoms with E-state index in [0.717, 1.165) is 9.99 Å². The predicted molar refractivity (Wildman–Crippen MR) is 92.0 cm³/mol. The smallest absolute Gasteiger partial charge is 0.326 e. The average Bonchev–Trinajstić information content (AvgIpc) is 2.38. The normalized spacial score (nSPS) is 11.9. The number of carbonyl (C=O) groups excluding carboxylic acids is 1. The minimum atomic E-state index is -1.06. The summed E-state index contributed by atoms with van der Waals surface area (Å²) in [4.78, 5) is 23.2. The van der Waals surface area contributed by atoms with Crippen LogP contribution in [-0.4, -0.2) is 28.1 Å². The molecule has 1 amide bonds. The van der Waals surface area contributed by atoms with Crippen LogP contribution in [0.3, 0.4) is 0 Å². The van der Waals surface area contributed by atoms with E-state index < -0.39 is 17.9 Å². The van der Waals surface area contributed by atoms with E-state index in [9.17, 15) is 14.7 Å². The highest BCUT2D eigenvalue weighted by atomic mass is 127. The number of amides is 1.